The van der Waals surface area contributed by atoms with Crippen molar-refractivity contribution in [3.8, 4) is 0 Å². The summed E-state index contributed by atoms with van der Waals surface area (Å²) >= 11 is 0. The third-order valence-corrected chi connectivity index (χ3v) is 16.6. The molecular formula is C61H118O17P2. The Morgan fingerprint density at radius 3 is 0.887 bits per heavy atom. The Kier molecular flexibility index (Phi) is 52.5. The van der Waals surface area contributed by atoms with E-state index >= 15 is 0 Å². The van der Waals surface area contributed by atoms with Gasteiger partial charge in [-0.3, -0.25) is 37.3 Å². The number of aliphatic hydroxyl groups excluding tert-OH is 1. The largest absolute Gasteiger partial charge is 0.472 e. The van der Waals surface area contributed by atoms with E-state index in [4.69, 9.17) is 37.0 Å². The fraction of sp³-hybridized carbons (Fsp3) is 0.934. The summed E-state index contributed by atoms with van der Waals surface area (Å²) in [5.41, 5.74) is 0. The Morgan fingerprint density at radius 2 is 0.600 bits per heavy atom. The van der Waals surface area contributed by atoms with Crippen LogP contribution in [0.2, 0.25) is 0 Å². The smallest absolute Gasteiger partial charge is 0.462 e. The molecule has 0 heterocycles. The Bertz CT molecular complexity index is 1590. The van der Waals surface area contributed by atoms with Crippen molar-refractivity contribution in [2.24, 2.45) is 11.8 Å². The summed E-state index contributed by atoms with van der Waals surface area (Å²) in [5, 5.41) is 10.5. The molecule has 0 rings (SSSR count). The van der Waals surface area contributed by atoms with Gasteiger partial charge in [-0.15, -0.1) is 0 Å². The van der Waals surface area contributed by atoms with Crippen molar-refractivity contribution >= 4 is 39.5 Å². The number of hydrogen-bond acceptors (Lipinski definition) is 15. The molecule has 0 aliphatic carbocycles. The summed E-state index contributed by atoms with van der Waals surface area (Å²) in [6.07, 6.45) is 34.9. The van der Waals surface area contributed by atoms with Crippen LogP contribution < -0.4 is 0 Å². The summed E-state index contributed by atoms with van der Waals surface area (Å²) in [7, 11) is -9.88. The van der Waals surface area contributed by atoms with Crippen molar-refractivity contribution in [1.29, 1.82) is 0 Å². The third-order valence-electron chi connectivity index (χ3n) is 14.7. The molecule has 0 spiro atoms. The van der Waals surface area contributed by atoms with Gasteiger partial charge in [0.1, 0.15) is 19.3 Å². The van der Waals surface area contributed by atoms with E-state index < -0.39 is 97.5 Å². The molecule has 0 aliphatic heterocycles. The molecule has 0 aromatic rings. The van der Waals surface area contributed by atoms with Gasteiger partial charge in [-0.05, 0) is 37.5 Å². The molecule has 0 fully saturated rings. The highest BCUT2D eigenvalue weighted by Crippen LogP contribution is 2.45. The molecular weight excluding hydrogens is 1070 g/mol. The lowest BCUT2D eigenvalue weighted by atomic mass is 9.99. The minimum absolute atomic E-state index is 0.105. The van der Waals surface area contributed by atoms with E-state index in [2.05, 4.69) is 41.5 Å². The summed E-state index contributed by atoms with van der Waals surface area (Å²) in [6.45, 7) is 9.40. The van der Waals surface area contributed by atoms with Crippen LogP contribution in [0.1, 0.15) is 298 Å². The molecule has 7 atom stereocenters. The van der Waals surface area contributed by atoms with Gasteiger partial charge in [0, 0.05) is 25.7 Å². The van der Waals surface area contributed by atoms with Gasteiger partial charge >= 0.3 is 39.5 Å². The van der Waals surface area contributed by atoms with Crippen molar-refractivity contribution in [2.45, 2.75) is 317 Å². The fourth-order valence-corrected chi connectivity index (χ4v) is 10.5. The van der Waals surface area contributed by atoms with Crippen molar-refractivity contribution in [2.75, 3.05) is 39.6 Å². The van der Waals surface area contributed by atoms with Gasteiger partial charge in [-0.1, -0.05) is 247 Å². The van der Waals surface area contributed by atoms with Gasteiger partial charge in [-0.25, -0.2) is 9.13 Å². The van der Waals surface area contributed by atoms with E-state index in [9.17, 15) is 43.2 Å². The van der Waals surface area contributed by atoms with Gasteiger partial charge in [0.05, 0.1) is 26.4 Å². The molecule has 0 aliphatic rings. The predicted octanol–water partition coefficient (Wildman–Crippen LogP) is 16.5. The van der Waals surface area contributed by atoms with Gasteiger partial charge < -0.3 is 33.8 Å². The number of unbranched alkanes of at least 4 members (excludes halogenated alkanes) is 28. The lowest BCUT2D eigenvalue weighted by Gasteiger charge is -2.21. The Labute approximate surface area is 486 Å². The molecule has 0 saturated carbocycles. The van der Waals surface area contributed by atoms with E-state index in [1.165, 1.54) is 96.3 Å². The number of aliphatic hydroxyl groups is 1. The number of hydrogen-bond donors (Lipinski definition) is 3. The van der Waals surface area contributed by atoms with Crippen molar-refractivity contribution in [3.05, 3.63) is 0 Å². The summed E-state index contributed by atoms with van der Waals surface area (Å²) in [4.78, 5) is 71.9. The summed E-state index contributed by atoms with van der Waals surface area (Å²) < 4.78 is 67.7. The van der Waals surface area contributed by atoms with Crippen LogP contribution in [0, 0.1) is 11.8 Å². The van der Waals surface area contributed by atoms with Crippen molar-refractivity contribution in [1.82, 2.24) is 0 Å². The Balaban J connectivity index is 5.22. The Morgan fingerprint density at radius 1 is 0.350 bits per heavy atom. The zero-order valence-corrected chi connectivity index (χ0v) is 53.2. The molecule has 3 N–H and O–H groups in total. The number of phosphoric acid groups is 2. The Hall–Kier alpha value is -1.94. The number of phosphoric ester groups is 2. The number of rotatable bonds is 60. The van der Waals surface area contributed by atoms with E-state index in [-0.39, 0.29) is 25.7 Å². The minimum atomic E-state index is -4.94. The van der Waals surface area contributed by atoms with E-state index in [0.717, 1.165) is 121 Å². The number of ether oxygens (including phenoxy) is 4. The van der Waals surface area contributed by atoms with Crippen molar-refractivity contribution in [3.63, 3.8) is 0 Å². The van der Waals surface area contributed by atoms with Crippen LogP contribution in [0.4, 0.5) is 0 Å². The maximum Gasteiger partial charge on any atom is 0.472 e. The monoisotopic (exact) mass is 1180 g/mol. The van der Waals surface area contributed by atoms with Crippen LogP contribution >= 0.6 is 15.6 Å². The van der Waals surface area contributed by atoms with E-state index in [1.54, 1.807) is 0 Å². The second-order valence-corrected chi connectivity index (χ2v) is 25.5. The van der Waals surface area contributed by atoms with Gasteiger partial charge in [0.25, 0.3) is 0 Å². The number of carbonyl (C=O) groups is 4. The maximum absolute atomic E-state index is 12.9. The highest BCUT2D eigenvalue weighted by atomic mass is 31.2. The first-order chi connectivity index (χ1) is 38.4. The first kappa shape index (κ1) is 78.1. The number of esters is 4. The molecule has 19 heteroatoms. The lowest BCUT2D eigenvalue weighted by Crippen LogP contribution is -2.30. The molecule has 17 nitrogen and oxygen atoms in total. The van der Waals surface area contributed by atoms with Gasteiger partial charge in [0.2, 0.25) is 0 Å². The molecule has 0 aromatic carbocycles. The van der Waals surface area contributed by atoms with Crippen LogP contribution in [-0.2, 0) is 65.4 Å². The third kappa shape index (κ3) is 52.8. The highest BCUT2D eigenvalue weighted by molar-refractivity contribution is 7.47. The van der Waals surface area contributed by atoms with Gasteiger partial charge in [-0.2, -0.15) is 0 Å². The van der Waals surface area contributed by atoms with Crippen LogP contribution in [0.3, 0.4) is 0 Å². The highest BCUT2D eigenvalue weighted by Gasteiger charge is 2.30. The quantitative estimate of drug-likeness (QED) is 0.0222. The molecule has 0 amide bonds. The zero-order chi connectivity index (χ0) is 59.4. The van der Waals surface area contributed by atoms with E-state index in [0.29, 0.717) is 25.7 Å². The molecule has 4 unspecified atom stereocenters. The van der Waals surface area contributed by atoms with Crippen LogP contribution in [-0.4, -0.2) is 96.7 Å². The molecule has 0 saturated heterocycles. The summed E-state index contributed by atoms with van der Waals surface area (Å²) in [5.74, 6) is -0.610. The molecule has 474 valence electrons. The minimum Gasteiger partial charge on any atom is -0.462 e. The summed E-state index contributed by atoms with van der Waals surface area (Å²) in [6, 6.07) is 0. The maximum atomic E-state index is 12.9. The topological polar surface area (TPSA) is 237 Å². The lowest BCUT2D eigenvalue weighted by molar-refractivity contribution is -0.161. The fourth-order valence-electron chi connectivity index (χ4n) is 8.94. The average Bonchev–Trinajstić information content (AvgIpc) is 3.43. The van der Waals surface area contributed by atoms with Gasteiger partial charge in [0.15, 0.2) is 12.2 Å². The zero-order valence-electron chi connectivity index (χ0n) is 51.4. The SMILES string of the molecule is CCCCCCCCCCCC(=O)O[C@H](COC(=O)CCCCCCCCC)COP(=O)(O)OC[C@H](O)COP(=O)(O)OC[C@@H](COC(=O)CCCCCCCCC(C)CC)OC(=O)CCCCCCCCCCCCC(C)CC. The second-order valence-electron chi connectivity index (χ2n) is 22.6. The predicted molar refractivity (Wildman–Crippen MR) is 317 cm³/mol. The second kappa shape index (κ2) is 53.8. The first-order valence-corrected chi connectivity index (χ1v) is 35.1. The standard InChI is InChI=1S/C61H118O17P2/c1-7-11-13-15-17-20-25-33-39-45-60(65)77-56(49-71-58(63)43-37-31-23-16-14-12-8-2)51-75-79(67,68)73-47-55(62)48-74-80(69,70)76-52-57(50-72-59(64)44-38-32-28-27-30-36-42-54(6)10-4)78-61(66)46-40-34-26-22-19-18-21-24-29-35-41-53(5)9-3/h53-57,62H,7-52H2,1-6H3,(H,67,68)(H,69,70)/t53?,54?,55-,56+,57+/m0/s1. The molecule has 80 heavy (non-hydrogen) atoms. The van der Waals surface area contributed by atoms with Crippen molar-refractivity contribution < 1.29 is 80.2 Å². The average molecular weight is 1190 g/mol. The molecule has 0 radical (unpaired) electrons. The molecule has 0 aromatic heterocycles. The van der Waals surface area contributed by atoms with Crippen LogP contribution in [0.15, 0.2) is 0 Å². The number of carbonyl (C=O) groups excluding carboxylic acids is 4. The normalized spacial score (nSPS) is 15.1. The first-order valence-electron chi connectivity index (χ1n) is 32.1. The van der Waals surface area contributed by atoms with Crippen LogP contribution in [0.5, 0.6) is 0 Å². The van der Waals surface area contributed by atoms with Crippen LogP contribution in [0.25, 0.3) is 0 Å². The van der Waals surface area contributed by atoms with E-state index in [1.807, 2.05) is 0 Å². The molecule has 0 bridgehead atoms.